The number of esters is 1. The van der Waals surface area contributed by atoms with Gasteiger partial charge in [0.2, 0.25) is 0 Å². The number of nitrogens with one attached hydrogen (secondary N) is 1. The maximum atomic E-state index is 11.9. The first-order chi connectivity index (χ1) is 9.58. The van der Waals surface area contributed by atoms with Crippen molar-refractivity contribution >= 4 is 62.3 Å². The zero-order chi connectivity index (χ0) is 14.5. The zero-order valence-electron chi connectivity index (χ0n) is 10.5. The van der Waals surface area contributed by atoms with Crippen LogP contribution in [0.3, 0.4) is 0 Å². The normalized spacial score (nSPS) is 10.3. The van der Waals surface area contributed by atoms with Gasteiger partial charge in [-0.05, 0) is 35.6 Å². The van der Waals surface area contributed by atoms with Gasteiger partial charge in [0, 0.05) is 10.8 Å². The quantitative estimate of drug-likeness (QED) is 0.594. The number of carbonyl (C=O) groups is 2. The highest BCUT2D eigenvalue weighted by molar-refractivity contribution is 14.1. The van der Waals surface area contributed by atoms with Crippen LogP contribution in [0, 0.1) is 2.88 Å². The number of anilines is 1. The van der Waals surface area contributed by atoms with Gasteiger partial charge in [0.05, 0.1) is 27.2 Å². The van der Waals surface area contributed by atoms with Crippen molar-refractivity contribution in [2.24, 2.45) is 0 Å². The number of aromatic nitrogens is 1. The average Bonchev–Trinajstić information content (AvgIpc) is 2.99. The molecule has 0 unspecified atom stereocenters. The largest absolute Gasteiger partial charge is 0.466 e. The number of rotatable bonds is 5. The summed E-state index contributed by atoms with van der Waals surface area (Å²) in [6.07, 6.45) is 0.122. The summed E-state index contributed by atoms with van der Waals surface area (Å²) in [4.78, 5) is 27.4. The molecule has 0 saturated carbocycles. The first-order valence-corrected chi connectivity index (χ1v) is 8.57. The monoisotopic (exact) mass is 422 g/mol. The molecule has 0 aliphatic rings. The minimum absolute atomic E-state index is 0.122. The molecule has 106 valence electrons. The molecule has 0 atom stereocenters. The first kappa shape index (κ1) is 15.4. The Bertz CT molecular complexity index is 624. The molecule has 8 heteroatoms. The maximum absolute atomic E-state index is 11.9. The van der Waals surface area contributed by atoms with Crippen LogP contribution in [0.5, 0.6) is 0 Å². The Hall–Kier alpha value is -1.00. The lowest BCUT2D eigenvalue weighted by Crippen LogP contribution is -2.11. The summed E-state index contributed by atoms with van der Waals surface area (Å²) in [7, 11) is 0. The van der Waals surface area contributed by atoms with Gasteiger partial charge in [0.1, 0.15) is 0 Å². The van der Waals surface area contributed by atoms with E-state index in [9.17, 15) is 9.59 Å². The molecule has 2 aromatic rings. The Morgan fingerprint density at radius 3 is 2.85 bits per heavy atom. The lowest BCUT2D eigenvalue weighted by molar-refractivity contribution is -0.142. The molecule has 2 rings (SSSR count). The van der Waals surface area contributed by atoms with Gasteiger partial charge in [0.25, 0.3) is 5.91 Å². The maximum Gasteiger partial charge on any atom is 0.311 e. The number of ether oxygens (including phenoxy) is 1. The van der Waals surface area contributed by atoms with Crippen LogP contribution in [-0.2, 0) is 16.0 Å². The van der Waals surface area contributed by atoms with E-state index < -0.39 is 0 Å². The third-order valence-corrected chi connectivity index (χ3v) is 4.83. The van der Waals surface area contributed by atoms with Gasteiger partial charge in [-0.15, -0.1) is 22.7 Å². The predicted octanol–water partition coefficient (Wildman–Crippen LogP) is 3.17. The van der Waals surface area contributed by atoms with E-state index in [0.717, 1.165) is 2.88 Å². The number of thiazole rings is 1. The van der Waals surface area contributed by atoms with E-state index in [1.165, 1.54) is 22.7 Å². The van der Waals surface area contributed by atoms with E-state index in [4.69, 9.17) is 4.74 Å². The molecular weight excluding hydrogens is 411 g/mol. The number of hydrogen-bond donors (Lipinski definition) is 1. The van der Waals surface area contributed by atoms with Crippen LogP contribution >= 0.6 is 45.3 Å². The summed E-state index contributed by atoms with van der Waals surface area (Å²) in [5.74, 6) is -0.510. The Labute approximate surface area is 137 Å². The summed E-state index contributed by atoms with van der Waals surface area (Å²) in [5.41, 5.74) is 1.21. The van der Waals surface area contributed by atoms with E-state index in [-0.39, 0.29) is 18.3 Å². The van der Waals surface area contributed by atoms with Crippen molar-refractivity contribution in [1.82, 2.24) is 4.98 Å². The van der Waals surface area contributed by atoms with Gasteiger partial charge in [-0.2, -0.15) is 0 Å². The summed E-state index contributed by atoms with van der Waals surface area (Å²) in [6, 6.07) is 1.81. The smallest absolute Gasteiger partial charge is 0.311 e. The molecule has 2 aromatic heterocycles. The first-order valence-electron chi connectivity index (χ1n) is 5.74. The standard InChI is InChI=1S/C12H11IN2O3S2/c1-2-18-10(16)4-8-6-20-12(14-8)15-11(17)7-3-9(13)19-5-7/h3,5-6H,2,4H2,1H3,(H,14,15,17). The van der Waals surface area contributed by atoms with Gasteiger partial charge in [-0.1, -0.05) is 0 Å². The van der Waals surface area contributed by atoms with Crippen LogP contribution in [0.4, 0.5) is 5.13 Å². The molecule has 2 heterocycles. The van der Waals surface area contributed by atoms with Gasteiger partial charge in [-0.25, -0.2) is 4.98 Å². The van der Waals surface area contributed by atoms with Crippen LogP contribution in [0.2, 0.25) is 0 Å². The van der Waals surface area contributed by atoms with Crippen LogP contribution in [0.25, 0.3) is 0 Å². The summed E-state index contributed by atoms with van der Waals surface area (Å²) in [5, 5.41) is 6.73. The fraction of sp³-hybridized carbons (Fsp3) is 0.250. The molecule has 0 fully saturated rings. The molecule has 1 amide bonds. The van der Waals surface area contributed by atoms with E-state index >= 15 is 0 Å². The molecule has 0 aliphatic carbocycles. The fourth-order valence-electron chi connectivity index (χ4n) is 1.40. The van der Waals surface area contributed by atoms with Crippen LogP contribution < -0.4 is 5.32 Å². The fourth-order valence-corrected chi connectivity index (χ4v) is 3.44. The van der Waals surface area contributed by atoms with Crippen LogP contribution in [-0.4, -0.2) is 23.5 Å². The van der Waals surface area contributed by atoms with Gasteiger partial charge < -0.3 is 4.74 Å². The second kappa shape index (κ2) is 7.14. The molecule has 0 aromatic carbocycles. The number of carbonyl (C=O) groups excluding carboxylic acids is 2. The van der Waals surface area contributed by atoms with Crippen molar-refractivity contribution in [3.8, 4) is 0 Å². The highest BCUT2D eigenvalue weighted by atomic mass is 127. The SMILES string of the molecule is CCOC(=O)Cc1csc(NC(=O)c2csc(I)c2)n1. The Morgan fingerprint density at radius 1 is 1.40 bits per heavy atom. The Balaban J connectivity index is 1.95. The van der Waals surface area contributed by atoms with Gasteiger partial charge >= 0.3 is 5.97 Å². The molecule has 0 aliphatic heterocycles. The molecule has 0 bridgehead atoms. The Kier molecular flexibility index (Phi) is 5.49. The van der Waals surface area contributed by atoms with Crippen molar-refractivity contribution < 1.29 is 14.3 Å². The van der Waals surface area contributed by atoms with E-state index in [1.54, 1.807) is 17.7 Å². The number of hydrogen-bond acceptors (Lipinski definition) is 6. The van der Waals surface area contributed by atoms with E-state index in [0.29, 0.717) is 23.0 Å². The second-order valence-corrected chi connectivity index (χ2v) is 7.38. The number of halogens is 1. The van der Waals surface area contributed by atoms with Gasteiger partial charge in [-0.3, -0.25) is 14.9 Å². The van der Waals surface area contributed by atoms with Crippen molar-refractivity contribution in [3.63, 3.8) is 0 Å². The second-order valence-electron chi connectivity index (χ2n) is 3.72. The highest BCUT2D eigenvalue weighted by Gasteiger charge is 2.12. The van der Waals surface area contributed by atoms with Crippen molar-refractivity contribution in [3.05, 3.63) is 31.0 Å². The summed E-state index contributed by atoms with van der Waals surface area (Å²) in [6.45, 7) is 2.11. The number of amides is 1. The minimum atomic E-state index is -0.317. The topological polar surface area (TPSA) is 68.3 Å². The average molecular weight is 422 g/mol. The lowest BCUT2D eigenvalue weighted by atomic mass is 10.3. The highest BCUT2D eigenvalue weighted by Crippen LogP contribution is 2.20. The van der Waals surface area contributed by atoms with E-state index in [2.05, 4.69) is 32.9 Å². The van der Waals surface area contributed by atoms with Crippen molar-refractivity contribution in [2.45, 2.75) is 13.3 Å². The predicted molar refractivity (Wildman–Crippen MR) is 87.4 cm³/mol. The molecule has 5 nitrogen and oxygen atoms in total. The van der Waals surface area contributed by atoms with E-state index in [1.807, 2.05) is 6.07 Å². The molecule has 0 radical (unpaired) electrons. The minimum Gasteiger partial charge on any atom is -0.466 e. The lowest BCUT2D eigenvalue weighted by Gasteiger charge is -1.99. The van der Waals surface area contributed by atoms with Gasteiger partial charge in [0.15, 0.2) is 5.13 Å². The summed E-state index contributed by atoms with van der Waals surface area (Å²) < 4.78 is 5.90. The number of thiophene rings is 1. The summed E-state index contributed by atoms with van der Waals surface area (Å²) >= 11 is 4.96. The third-order valence-electron chi connectivity index (χ3n) is 2.23. The molecule has 1 N–H and O–H groups in total. The Morgan fingerprint density at radius 2 is 2.20 bits per heavy atom. The molecule has 0 saturated heterocycles. The van der Waals surface area contributed by atoms with Crippen molar-refractivity contribution in [2.75, 3.05) is 11.9 Å². The number of nitrogens with zero attached hydrogens (tertiary/aromatic N) is 1. The zero-order valence-corrected chi connectivity index (χ0v) is 14.3. The third kappa shape index (κ3) is 4.25. The van der Waals surface area contributed by atoms with Crippen LogP contribution in [0.15, 0.2) is 16.8 Å². The molecule has 20 heavy (non-hydrogen) atoms. The van der Waals surface area contributed by atoms with Crippen LogP contribution in [0.1, 0.15) is 23.0 Å². The molecule has 0 spiro atoms. The molecular formula is C12H11IN2O3S2. The van der Waals surface area contributed by atoms with Crippen molar-refractivity contribution in [1.29, 1.82) is 0 Å².